The molecule has 6 heteroatoms. The van der Waals surface area contributed by atoms with Gasteiger partial charge in [-0.05, 0) is 24.3 Å². The van der Waals surface area contributed by atoms with Crippen molar-refractivity contribution < 1.29 is 4.74 Å². The van der Waals surface area contributed by atoms with Gasteiger partial charge in [0, 0.05) is 22.3 Å². The number of nitrogens with two attached hydrogens (primary N) is 1. The van der Waals surface area contributed by atoms with Gasteiger partial charge >= 0.3 is 0 Å². The molecule has 0 radical (unpaired) electrons. The molecular weight excluding hydrogens is 332 g/mol. The number of anilines is 1. The number of nitrogens with zero attached hydrogens (tertiary/aromatic N) is 3. The second-order valence-corrected chi connectivity index (χ2v) is 5.39. The fourth-order valence-corrected chi connectivity index (χ4v) is 2.54. The number of aromatic nitrogens is 3. The van der Waals surface area contributed by atoms with Crippen LogP contribution in [0.5, 0.6) is 5.75 Å². The average Bonchev–Trinajstić information content (AvgIpc) is 2.97. The third-order valence-corrected chi connectivity index (χ3v) is 3.55. The number of methoxy groups -OCH3 is 1. The molecule has 0 amide bonds. The number of ether oxygens (including phenoxy) is 1. The summed E-state index contributed by atoms with van der Waals surface area (Å²) in [4.78, 5) is 8.35. The summed E-state index contributed by atoms with van der Waals surface area (Å²) in [5.74, 6) is 1.27. The number of halogens is 1. The van der Waals surface area contributed by atoms with Crippen LogP contribution in [0.4, 0.5) is 5.82 Å². The zero-order valence-electron chi connectivity index (χ0n) is 11.3. The Morgan fingerprint density at radius 1 is 1.19 bits per heavy atom. The Kier molecular flexibility index (Phi) is 3.62. The van der Waals surface area contributed by atoms with E-state index in [0.29, 0.717) is 5.82 Å². The summed E-state index contributed by atoms with van der Waals surface area (Å²) in [6, 6.07) is 9.54. The molecular formula is C15H13BrN4O. The molecule has 2 N–H and O–H groups in total. The van der Waals surface area contributed by atoms with E-state index in [0.717, 1.165) is 27.2 Å². The quantitative estimate of drug-likeness (QED) is 0.791. The van der Waals surface area contributed by atoms with E-state index in [4.69, 9.17) is 10.5 Å². The highest BCUT2D eigenvalue weighted by molar-refractivity contribution is 9.10. The van der Waals surface area contributed by atoms with E-state index in [1.54, 1.807) is 31.9 Å². The third-order valence-electron chi connectivity index (χ3n) is 3.09. The zero-order chi connectivity index (χ0) is 14.8. The molecule has 0 saturated carbocycles. The van der Waals surface area contributed by atoms with E-state index in [1.807, 2.05) is 28.8 Å². The van der Waals surface area contributed by atoms with E-state index in [2.05, 4.69) is 25.9 Å². The highest BCUT2D eigenvalue weighted by Crippen LogP contribution is 2.27. The van der Waals surface area contributed by atoms with Crippen molar-refractivity contribution in [3.05, 3.63) is 53.5 Å². The van der Waals surface area contributed by atoms with E-state index < -0.39 is 0 Å². The van der Waals surface area contributed by atoms with Crippen molar-refractivity contribution in [2.45, 2.75) is 0 Å². The molecule has 0 atom stereocenters. The van der Waals surface area contributed by atoms with Crippen LogP contribution in [0.2, 0.25) is 0 Å². The maximum Gasteiger partial charge on any atom is 0.123 e. The minimum absolute atomic E-state index is 0.494. The lowest BCUT2D eigenvalue weighted by Gasteiger charge is -2.10. The van der Waals surface area contributed by atoms with Gasteiger partial charge in [0.05, 0.1) is 31.0 Å². The van der Waals surface area contributed by atoms with Gasteiger partial charge in [-0.3, -0.25) is 4.57 Å². The second-order valence-electron chi connectivity index (χ2n) is 4.47. The van der Waals surface area contributed by atoms with Crippen LogP contribution in [0, 0.1) is 0 Å². The summed E-state index contributed by atoms with van der Waals surface area (Å²) in [5.41, 5.74) is 8.46. The van der Waals surface area contributed by atoms with E-state index in [9.17, 15) is 0 Å². The van der Waals surface area contributed by atoms with Gasteiger partial charge in [-0.15, -0.1) is 0 Å². The predicted octanol–water partition coefficient (Wildman–Crippen LogP) is 3.29. The maximum absolute atomic E-state index is 5.63. The molecule has 106 valence electrons. The Hall–Kier alpha value is -2.34. The van der Waals surface area contributed by atoms with E-state index >= 15 is 0 Å². The molecule has 2 aromatic heterocycles. The van der Waals surface area contributed by atoms with Gasteiger partial charge in [0.1, 0.15) is 11.6 Å². The number of rotatable bonds is 3. The minimum atomic E-state index is 0.494. The number of hydrogen-bond acceptors (Lipinski definition) is 4. The molecule has 1 aromatic carbocycles. The van der Waals surface area contributed by atoms with Gasteiger partial charge in [0.15, 0.2) is 0 Å². The molecule has 0 saturated heterocycles. The maximum atomic E-state index is 5.63. The number of imidazole rings is 1. The Morgan fingerprint density at radius 3 is 2.76 bits per heavy atom. The molecule has 5 nitrogen and oxygen atoms in total. The highest BCUT2D eigenvalue weighted by atomic mass is 79.9. The molecule has 0 bridgehead atoms. The fourth-order valence-electron chi connectivity index (χ4n) is 2.08. The summed E-state index contributed by atoms with van der Waals surface area (Å²) in [6.07, 6.45) is 5.28. The van der Waals surface area contributed by atoms with Crippen LogP contribution in [0.1, 0.15) is 0 Å². The summed E-state index contributed by atoms with van der Waals surface area (Å²) < 4.78 is 8.21. The minimum Gasteiger partial charge on any atom is -0.497 e. The Morgan fingerprint density at radius 2 is 2.05 bits per heavy atom. The normalized spacial score (nSPS) is 10.6. The van der Waals surface area contributed by atoms with Crippen molar-refractivity contribution in [2.24, 2.45) is 0 Å². The predicted molar refractivity (Wildman–Crippen MR) is 85.5 cm³/mol. The third kappa shape index (κ3) is 2.75. The van der Waals surface area contributed by atoms with E-state index in [1.165, 1.54) is 0 Å². The molecule has 0 spiro atoms. The van der Waals surface area contributed by atoms with Crippen molar-refractivity contribution in [3.8, 4) is 22.7 Å². The lowest BCUT2D eigenvalue weighted by molar-refractivity contribution is 0.414. The van der Waals surface area contributed by atoms with Crippen LogP contribution in [0.25, 0.3) is 16.9 Å². The van der Waals surface area contributed by atoms with Crippen LogP contribution in [0.3, 0.4) is 0 Å². The van der Waals surface area contributed by atoms with Crippen LogP contribution in [-0.4, -0.2) is 21.6 Å². The smallest absolute Gasteiger partial charge is 0.123 e. The summed E-state index contributed by atoms with van der Waals surface area (Å²) >= 11 is 3.49. The van der Waals surface area contributed by atoms with Gasteiger partial charge in [-0.1, -0.05) is 15.9 Å². The van der Waals surface area contributed by atoms with Gasteiger partial charge < -0.3 is 10.5 Å². The van der Waals surface area contributed by atoms with Crippen molar-refractivity contribution >= 4 is 21.7 Å². The first kappa shape index (κ1) is 13.6. The standard InChI is InChI=1S/C15H13BrN4O/c1-21-13-5-11(16)4-12(6-13)20-9-18-8-14(20)10-2-3-15(17)19-7-10/h2-9H,1H3,(H2,17,19). The molecule has 0 aliphatic heterocycles. The lowest BCUT2D eigenvalue weighted by atomic mass is 10.2. The molecule has 21 heavy (non-hydrogen) atoms. The zero-order valence-corrected chi connectivity index (χ0v) is 12.9. The van der Waals surface area contributed by atoms with Gasteiger partial charge in [-0.25, -0.2) is 9.97 Å². The molecule has 0 unspecified atom stereocenters. The van der Waals surface area contributed by atoms with E-state index in [-0.39, 0.29) is 0 Å². The summed E-state index contributed by atoms with van der Waals surface area (Å²) in [7, 11) is 1.64. The molecule has 0 fully saturated rings. The molecule has 3 aromatic rings. The highest BCUT2D eigenvalue weighted by Gasteiger charge is 2.09. The van der Waals surface area contributed by atoms with Crippen molar-refractivity contribution in [3.63, 3.8) is 0 Å². The largest absolute Gasteiger partial charge is 0.497 e. The van der Waals surface area contributed by atoms with Crippen molar-refractivity contribution in [1.29, 1.82) is 0 Å². The summed E-state index contributed by atoms with van der Waals surface area (Å²) in [6.45, 7) is 0. The Balaban J connectivity index is 2.10. The number of benzene rings is 1. The number of nitrogen functional groups attached to an aromatic ring is 1. The Labute approximate surface area is 130 Å². The van der Waals surface area contributed by atoms with Crippen molar-refractivity contribution in [2.75, 3.05) is 12.8 Å². The van der Waals surface area contributed by atoms with Crippen LogP contribution < -0.4 is 10.5 Å². The molecule has 0 aliphatic rings. The number of hydrogen-bond donors (Lipinski definition) is 1. The first-order chi connectivity index (χ1) is 10.2. The second kappa shape index (κ2) is 5.57. The van der Waals surface area contributed by atoms with Gasteiger partial charge in [0.25, 0.3) is 0 Å². The first-order valence-corrected chi connectivity index (χ1v) is 7.06. The SMILES string of the molecule is COc1cc(Br)cc(-n2cncc2-c2ccc(N)nc2)c1. The van der Waals surface area contributed by atoms with Crippen LogP contribution in [-0.2, 0) is 0 Å². The van der Waals surface area contributed by atoms with Gasteiger partial charge in [0.2, 0.25) is 0 Å². The van der Waals surface area contributed by atoms with Crippen molar-refractivity contribution in [1.82, 2.24) is 14.5 Å². The first-order valence-electron chi connectivity index (χ1n) is 6.26. The van der Waals surface area contributed by atoms with Gasteiger partial charge in [-0.2, -0.15) is 0 Å². The lowest BCUT2D eigenvalue weighted by Crippen LogP contribution is -1.97. The molecule has 2 heterocycles. The molecule has 3 rings (SSSR count). The number of pyridine rings is 1. The Bertz CT molecular complexity index is 768. The van der Waals surface area contributed by atoms with Crippen LogP contribution in [0.15, 0.2) is 53.5 Å². The summed E-state index contributed by atoms with van der Waals surface area (Å²) in [5, 5.41) is 0. The molecule has 0 aliphatic carbocycles. The fraction of sp³-hybridized carbons (Fsp3) is 0.0667. The monoisotopic (exact) mass is 344 g/mol. The average molecular weight is 345 g/mol. The topological polar surface area (TPSA) is 66.0 Å². The van der Waals surface area contributed by atoms with Crippen LogP contribution >= 0.6 is 15.9 Å².